The number of nitrogens with one attached hydrogen (secondary N) is 1. The topological polar surface area (TPSA) is 89.9 Å². The summed E-state index contributed by atoms with van der Waals surface area (Å²) in [4.78, 5) is 15.7. The fourth-order valence-corrected chi connectivity index (χ4v) is 3.02. The number of pyridine rings is 1. The molecule has 1 aliphatic rings. The minimum absolute atomic E-state index is 0. The Kier molecular flexibility index (Phi) is 6.87. The van der Waals surface area contributed by atoms with Crippen LogP contribution < -0.4 is 19.5 Å². The summed E-state index contributed by atoms with van der Waals surface area (Å²) >= 11 is 0. The van der Waals surface area contributed by atoms with Crippen molar-refractivity contribution in [1.29, 1.82) is 0 Å². The Morgan fingerprint density at radius 1 is 1.44 bits per heavy atom. The molecular formula is C19H23ClN2O5. The molecular weight excluding hydrogens is 372 g/mol. The lowest BCUT2D eigenvalue weighted by atomic mass is 10.1. The van der Waals surface area contributed by atoms with Gasteiger partial charge in [-0.15, -0.1) is 12.4 Å². The monoisotopic (exact) mass is 394 g/mol. The molecule has 0 amide bonds. The first-order chi connectivity index (χ1) is 12.6. The normalized spacial score (nSPS) is 18.6. The van der Waals surface area contributed by atoms with Crippen molar-refractivity contribution in [2.24, 2.45) is 0 Å². The van der Waals surface area contributed by atoms with Crippen LogP contribution >= 0.6 is 12.4 Å². The van der Waals surface area contributed by atoms with Crippen LogP contribution in [-0.2, 0) is 4.79 Å². The van der Waals surface area contributed by atoms with Crippen molar-refractivity contribution in [3.8, 4) is 17.4 Å². The second-order valence-electron chi connectivity index (χ2n) is 5.97. The van der Waals surface area contributed by atoms with Gasteiger partial charge in [-0.2, -0.15) is 0 Å². The third kappa shape index (κ3) is 4.26. The predicted octanol–water partition coefficient (Wildman–Crippen LogP) is 2.90. The molecule has 0 saturated carbocycles. The van der Waals surface area contributed by atoms with Crippen molar-refractivity contribution in [1.82, 2.24) is 10.3 Å². The predicted molar refractivity (Wildman–Crippen MR) is 105 cm³/mol. The minimum Gasteiger partial charge on any atom is -0.489 e. The molecule has 0 bridgehead atoms. The van der Waals surface area contributed by atoms with Gasteiger partial charge >= 0.3 is 5.97 Å². The first-order valence-electron chi connectivity index (χ1n) is 8.47. The molecule has 1 aromatic heterocycles. The largest absolute Gasteiger partial charge is 0.489 e. The summed E-state index contributed by atoms with van der Waals surface area (Å²) in [5.41, 5.74) is 1.62. The number of aliphatic carboxylic acids is 1. The maximum absolute atomic E-state index is 11.2. The van der Waals surface area contributed by atoms with Gasteiger partial charge in [0, 0.05) is 18.4 Å². The SMILES string of the molecule is C=Cc1ccc2nc(OCC)c(OC)c(O[C@H]3CN[C@H](C(=O)O)C3)c2c1.Cl. The third-order valence-corrected chi connectivity index (χ3v) is 4.28. The zero-order chi connectivity index (χ0) is 18.7. The molecule has 2 aromatic rings. The average Bonchev–Trinajstić information content (AvgIpc) is 3.11. The van der Waals surface area contributed by atoms with Gasteiger partial charge in [0.25, 0.3) is 5.88 Å². The number of rotatable bonds is 7. The van der Waals surface area contributed by atoms with Gasteiger partial charge in [-0.1, -0.05) is 18.7 Å². The number of carboxylic acids is 1. The molecule has 8 heteroatoms. The average molecular weight is 395 g/mol. The minimum atomic E-state index is -0.883. The van der Waals surface area contributed by atoms with Crippen LogP contribution in [0.25, 0.3) is 17.0 Å². The summed E-state index contributed by atoms with van der Waals surface area (Å²) in [6.45, 7) is 6.54. The fourth-order valence-electron chi connectivity index (χ4n) is 3.02. The molecule has 1 aromatic carbocycles. The molecule has 146 valence electrons. The van der Waals surface area contributed by atoms with Crippen LogP contribution in [0.15, 0.2) is 24.8 Å². The quantitative estimate of drug-likeness (QED) is 0.746. The molecule has 2 N–H and O–H groups in total. The van der Waals surface area contributed by atoms with Gasteiger partial charge in [0.2, 0.25) is 5.75 Å². The van der Waals surface area contributed by atoms with Gasteiger partial charge < -0.3 is 24.6 Å². The maximum atomic E-state index is 11.2. The van der Waals surface area contributed by atoms with Gasteiger partial charge in [-0.05, 0) is 24.6 Å². The Morgan fingerprint density at radius 3 is 2.81 bits per heavy atom. The Bertz CT molecular complexity index is 842. The maximum Gasteiger partial charge on any atom is 0.320 e. The molecule has 0 unspecified atom stereocenters. The third-order valence-electron chi connectivity index (χ3n) is 4.28. The number of aromatic nitrogens is 1. The van der Waals surface area contributed by atoms with Crippen LogP contribution in [-0.4, -0.2) is 48.5 Å². The smallest absolute Gasteiger partial charge is 0.320 e. The number of hydrogen-bond acceptors (Lipinski definition) is 6. The summed E-state index contributed by atoms with van der Waals surface area (Å²) in [5.74, 6) is 0.373. The van der Waals surface area contributed by atoms with Crippen molar-refractivity contribution in [2.45, 2.75) is 25.5 Å². The number of fused-ring (bicyclic) bond motifs is 1. The Hall–Kier alpha value is -2.51. The van der Waals surface area contributed by atoms with E-state index in [1.807, 2.05) is 25.1 Å². The van der Waals surface area contributed by atoms with E-state index in [0.717, 1.165) is 10.9 Å². The van der Waals surface area contributed by atoms with Crippen molar-refractivity contribution in [2.75, 3.05) is 20.3 Å². The zero-order valence-corrected chi connectivity index (χ0v) is 16.0. The van der Waals surface area contributed by atoms with Crippen molar-refractivity contribution in [3.63, 3.8) is 0 Å². The van der Waals surface area contributed by atoms with Crippen molar-refractivity contribution >= 4 is 35.4 Å². The zero-order valence-electron chi connectivity index (χ0n) is 15.2. The molecule has 2 atom stereocenters. The Morgan fingerprint density at radius 2 is 2.22 bits per heavy atom. The number of carboxylic acid groups (broad SMARTS) is 1. The van der Waals surface area contributed by atoms with Crippen molar-refractivity contribution < 1.29 is 24.1 Å². The number of carbonyl (C=O) groups is 1. The highest BCUT2D eigenvalue weighted by Crippen LogP contribution is 2.42. The molecule has 1 fully saturated rings. The van der Waals surface area contributed by atoms with Crippen LogP contribution in [0.5, 0.6) is 17.4 Å². The Balaban J connectivity index is 0.00000261. The number of benzene rings is 1. The summed E-state index contributed by atoms with van der Waals surface area (Å²) in [6, 6.07) is 5.08. The lowest BCUT2D eigenvalue weighted by Crippen LogP contribution is -2.30. The molecule has 1 aliphatic heterocycles. The van der Waals surface area contributed by atoms with Crippen LogP contribution in [0, 0.1) is 0 Å². The van der Waals surface area contributed by atoms with Gasteiger partial charge in [-0.25, -0.2) is 4.98 Å². The molecule has 0 aliphatic carbocycles. The number of ether oxygens (including phenoxy) is 3. The van der Waals surface area contributed by atoms with Crippen LogP contribution in [0.1, 0.15) is 18.9 Å². The summed E-state index contributed by atoms with van der Waals surface area (Å²) in [7, 11) is 1.53. The lowest BCUT2D eigenvalue weighted by Gasteiger charge is -2.19. The van der Waals surface area contributed by atoms with Gasteiger partial charge in [0.1, 0.15) is 12.1 Å². The lowest BCUT2D eigenvalue weighted by molar-refractivity contribution is -0.139. The van der Waals surface area contributed by atoms with Crippen LogP contribution in [0.2, 0.25) is 0 Å². The highest BCUT2D eigenvalue weighted by molar-refractivity contribution is 5.90. The molecule has 27 heavy (non-hydrogen) atoms. The first-order valence-corrected chi connectivity index (χ1v) is 8.47. The molecule has 0 spiro atoms. The van der Waals surface area contributed by atoms with E-state index < -0.39 is 12.0 Å². The molecule has 1 saturated heterocycles. The van der Waals surface area contributed by atoms with Gasteiger partial charge in [-0.3, -0.25) is 4.79 Å². The summed E-state index contributed by atoms with van der Waals surface area (Å²) in [5, 5.41) is 12.9. The Labute approximate surface area is 163 Å². The number of halogens is 1. The first kappa shape index (κ1) is 20.8. The van der Waals surface area contributed by atoms with Crippen LogP contribution in [0.4, 0.5) is 0 Å². The summed E-state index contributed by atoms with van der Waals surface area (Å²) < 4.78 is 17.3. The molecule has 3 rings (SSSR count). The van der Waals surface area contributed by atoms with Crippen LogP contribution in [0.3, 0.4) is 0 Å². The van der Waals surface area contributed by atoms with E-state index in [0.29, 0.717) is 42.5 Å². The number of methoxy groups -OCH3 is 1. The summed E-state index contributed by atoms with van der Waals surface area (Å²) in [6.07, 6.45) is 1.81. The van der Waals surface area contributed by atoms with E-state index in [9.17, 15) is 4.79 Å². The van der Waals surface area contributed by atoms with E-state index in [1.54, 1.807) is 6.08 Å². The van der Waals surface area contributed by atoms with Crippen molar-refractivity contribution in [3.05, 3.63) is 30.3 Å². The number of hydrogen-bond donors (Lipinski definition) is 2. The second kappa shape index (κ2) is 8.92. The number of nitrogens with zero attached hydrogens (tertiary/aromatic N) is 1. The molecule has 2 heterocycles. The van der Waals surface area contributed by atoms with Gasteiger partial charge in [0.05, 0.1) is 19.2 Å². The van der Waals surface area contributed by atoms with E-state index in [2.05, 4.69) is 16.9 Å². The molecule has 7 nitrogen and oxygen atoms in total. The highest BCUT2D eigenvalue weighted by atomic mass is 35.5. The standard InChI is InChI=1S/C19H22N2O5.ClH/c1-4-11-6-7-14-13(8-11)16(17(24-3)18(21-14)25-5-2)26-12-9-15(19(22)23)20-10-12;/h4,6-8,12,15,20H,1,5,9-10H2,2-3H3,(H,22,23);1H/t12-,15+;/m1./s1. The van der Waals surface area contributed by atoms with E-state index >= 15 is 0 Å². The van der Waals surface area contributed by atoms with E-state index in [-0.39, 0.29) is 18.5 Å². The van der Waals surface area contributed by atoms with E-state index in [1.165, 1.54) is 7.11 Å². The second-order valence-corrected chi connectivity index (χ2v) is 5.97. The molecule has 0 radical (unpaired) electrons. The van der Waals surface area contributed by atoms with E-state index in [4.69, 9.17) is 19.3 Å². The highest BCUT2D eigenvalue weighted by Gasteiger charge is 2.32. The van der Waals surface area contributed by atoms with Gasteiger partial charge in [0.15, 0.2) is 5.75 Å². The fraction of sp³-hybridized carbons (Fsp3) is 0.368.